The van der Waals surface area contributed by atoms with Gasteiger partial charge in [0.25, 0.3) is 5.91 Å². The van der Waals surface area contributed by atoms with E-state index < -0.39 is 12.5 Å². The molecular formula is C13H8Cl2F2N2O2. The number of alkyl halides is 2. The van der Waals surface area contributed by atoms with Gasteiger partial charge in [0.1, 0.15) is 16.1 Å². The van der Waals surface area contributed by atoms with Crippen LogP contribution in [0.2, 0.25) is 10.3 Å². The summed E-state index contributed by atoms with van der Waals surface area (Å²) in [6, 6.07) is 8.43. The van der Waals surface area contributed by atoms with Crippen molar-refractivity contribution in [1.29, 1.82) is 0 Å². The minimum absolute atomic E-state index is 0.0461. The van der Waals surface area contributed by atoms with Crippen molar-refractivity contribution >= 4 is 34.8 Å². The van der Waals surface area contributed by atoms with Crippen molar-refractivity contribution in [3.05, 3.63) is 52.3 Å². The highest BCUT2D eigenvalue weighted by atomic mass is 35.5. The summed E-state index contributed by atoms with van der Waals surface area (Å²) in [6.07, 6.45) is 0. The molecule has 1 aromatic carbocycles. The highest BCUT2D eigenvalue weighted by Gasteiger charge is 2.14. The third-order valence-electron chi connectivity index (χ3n) is 2.38. The second kappa shape index (κ2) is 6.69. The van der Waals surface area contributed by atoms with E-state index in [0.717, 1.165) is 0 Å². The number of pyridine rings is 1. The van der Waals surface area contributed by atoms with Crippen LogP contribution in [0, 0.1) is 0 Å². The van der Waals surface area contributed by atoms with Gasteiger partial charge in [0, 0.05) is 5.56 Å². The molecule has 110 valence electrons. The van der Waals surface area contributed by atoms with Crippen LogP contribution >= 0.6 is 23.2 Å². The zero-order valence-electron chi connectivity index (χ0n) is 10.3. The maximum absolute atomic E-state index is 12.3. The maximum Gasteiger partial charge on any atom is 0.387 e. The number of hydrogen-bond acceptors (Lipinski definition) is 3. The first kappa shape index (κ1) is 15.5. The molecule has 21 heavy (non-hydrogen) atoms. The Hall–Kier alpha value is -1.92. The fourth-order valence-corrected chi connectivity index (χ4v) is 2.02. The van der Waals surface area contributed by atoms with Gasteiger partial charge in [0.05, 0.1) is 5.69 Å². The molecule has 0 saturated carbocycles. The average Bonchev–Trinajstić information content (AvgIpc) is 2.39. The Bertz CT molecular complexity index is 648. The summed E-state index contributed by atoms with van der Waals surface area (Å²) in [5, 5.41) is 2.54. The van der Waals surface area contributed by atoms with Crippen LogP contribution in [0.25, 0.3) is 0 Å². The Morgan fingerprint density at radius 2 is 1.81 bits per heavy atom. The van der Waals surface area contributed by atoms with Crippen molar-refractivity contribution < 1.29 is 18.3 Å². The number of rotatable bonds is 4. The second-order valence-electron chi connectivity index (χ2n) is 3.83. The van der Waals surface area contributed by atoms with Crippen molar-refractivity contribution in [3.8, 4) is 5.75 Å². The fraction of sp³-hybridized carbons (Fsp3) is 0.0769. The monoisotopic (exact) mass is 332 g/mol. The van der Waals surface area contributed by atoms with Gasteiger partial charge in [0.15, 0.2) is 0 Å². The number of amides is 1. The third kappa shape index (κ3) is 4.27. The quantitative estimate of drug-likeness (QED) is 0.852. The molecule has 1 N–H and O–H groups in total. The fourth-order valence-electron chi connectivity index (χ4n) is 1.56. The minimum atomic E-state index is -2.99. The molecule has 0 bridgehead atoms. The van der Waals surface area contributed by atoms with E-state index in [9.17, 15) is 13.6 Å². The Labute approximate surface area is 128 Å². The van der Waals surface area contributed by atoms with E-state index in [4.69, 9.17) is 23.2 Å². The molecule has 0 saturated heterocycles. The highest BCUT2D eigenvalue weighted by Crippen LogP contribution is 2.26. The lowest BCUT2D eigenvalue weighted by molar-refractivity contribution is -0.0493. The molecule has 1 amide bonds. The van der Waals surface area contributed by atoms with Crippen LogP contribution in [0.15, 0.2) is 36.4 Å². The number of carbonyl (C=O) groups excluding carboxylic acids is 1. The Morgan fingerprint density at radius 3 is 2.43 bits per heavy atom. The number of hydrogen-bond donors (Lipinski definition) is 1. The number of aromatic nitrogens is 1. The van der Waals surface area contributed by atoms with Crippen molar-refractivity contribution in [1.82, 2.24) is 4.98 Å². The molecular weight excluding hydrogens is 325 g/mol. The molecule has 8 heteroatoms. The predicted octanol–water partition coefficient (Wildman–Crippen LogP) is 4.24. The summed E-state index contributed by atoms with van der Waals surface area (Å²) >= 11 is 11.4. The largest absolute Gasteiger partial charge is 0.433 e. The normalized spacial score (nSPS) is 10.5. The number of carbonyl (C=O) groups is 1. The first-order chi connectivity index (χ1) is 9.95. The molecule has 0 spiro atoms. The van der Waals surface area contributed by atoms with Gasteiger partial charge in [-0.3, -0.25) is 4.79 Å². The Morgan fingerprint density at radius 1 is 1.19 bits per heavy atom. The van der Waals surface area contributed by atoms with Crippen LogP contribution in [0.1, 0.15) is 10.4 Å². The van der Waals surface area contributed by atoms with Crippen LogP contribution in [-0.4, -0.2) is 17.5 Å². The molecule has 0 aliphatic rings. The van der Waals surface area contributed by atoms with Crippen LogP contribution in [-0.2, 0) is 0 Å². The average molecular weight is 333 g/mol. The van der Waals surface area contributed by atoms with Crippen LogP contribution < -0.4 is 10.1 Å². The number of anilines is 1. The number of halogens is 4. The van der Waals surface area contributed by atoms with Crippen LogP contribution in [0.4, 0.5) is 14.5 Å². The summed E-state index contributed by atoms with van der Waals surface area (Å²) in [5.41, 5.74) is 0.249. The summed E-state index contributed by atoms with van der Waals surface area (Å²) < 4.78 is 28.9. The van der Waals surface area contributed by atoms with Gasteiger partial charge in [-0.1, -0.05) is 35.3 Å². The standard InChI is InChI=1S/C13H8Cl2F2N2O2/c14-10-5-7(6-11(15)19-10)12(20)18-8-3-1-2-4-9(8)21-13(16)17/h1-6,13H,(H,18,20). The summed E-state index contributed by atoms with van der Waals surface area (Å²) in [4.78, 5) is 15.8. The molecule has 0 atom stereocenters. The smallest absolute Gasteiger partial charge is 0.387 e. The molecule has 4 nitrogen and oxygen atoms in total. The topological polar surface area (TPSA) is 51.2 Å². The zero-order valence-corrected chi connectivity index (χ0v) is 11.8. The minimum Gasteiger partial charge on any atom is -0.433 e. The Balaban J connectivity index is 2.23. The number of ether oxygens (including phenoxy) is 1. The molecule has 2 aromatic rings. The van der Waals surface area contributed by atoms with Crippen molar-refractivity contribution in [2.24, 2.45) is 0 Å². The highest BCUT2D eigenvalue weighted by molar-refractivity contribution is 6.33. The lowest BCUT2D eigenvalue weighted by Gasteiger charge is -2.11. The van der Waals surface area contributed by atoms with Crippen molar-refractivity contribution in [2.45, 2.75) is 6.61 Å². The maximum atomic E-state index is 12.3. The zero-order chi connectivity index (χ0) is 15.4. The van der Waals surface area contributed by atoms with E-state index in [1.165, 1.54) is 30.3 Å². The number of para-hydroxylation sites is 2. The van der Waals surface area contributed by atoms with Crippen LogP contribution in [0.3, 0.4) is 0 Å². The Kier molecular flexibility index (Phi) is 4.93. The molecule has 0 unspecified atom stereocenters. The molecule has 0 radical (unpaired) electrons. The summed E-state index contributed by atoms with van der Waals surface area (Å²) in [5.74, 6) is -0.724. The van der Waals surface area contributed by atoms with Gasteiger partial charge in [-0.15, -0.1) is 0 Å². The second-order valence-corrected chi connectivity index (χ2v) is 4.60. The molecule has 0 aliphatic heterocycles. The lowest BCUT2D eigenvalue weighted by Crippen LogP contribution is -2.14. The van der Waals surface area contributed by atoms with E-state index in [-0.39, 0.29) is 27.3 Å². The van der Waals surface area contributed by atoms with E-state index in [1.807, 2.05) is 0 Å². The molecule has 2 rings (SSSR count). The molecule has 0 aliphatic carbocycles. The lowest BCUT2D eigenvalue weighted by atomic mass is 10.2. The van der Waals surface area contributed by atoms with Crippen molar-refractivity contribution in [3.63, 3.8) is 0 Å². The van der Waals surface area contributed by atoms with E-state index >= 15 is 0 Å². The van der Waals surface area contributed by atoms with Crippen LogP contribution in [0.5, 0.6) is 5.75 Å². The first-order valence-electron chi connectivity index (χ1n) is 5.64. The van der Waals surface area contributed by atoms with Gasteiger partial charge in [-0.2, -0.15) is 8.78 Å². The van der Waals surface area contributed by atoms with Gasteiger partial charge in [0.2, 0.25) is 0 Å². The van der Waals surface area contributed by atoms with E-state index in [1.54, 1.807) is 6.07 Å². The molecule has 0 fully saturated rings. The van der Waals surface area contributed by atoms with E-state index in [0.29, 0.717) is 0 Å². The van der Waals surface area contributed by atoms with Gasteiger partial charge in [-0.25, -0.2) is 4.98 Å². The number of benzene rings is 1. The SMILES string of the molecule is O=C(Nc1ccccc1OC(F)F)c1cc(Cl)nc(Cl)c1. The third-order valence-corrected chi connectivity index (χ3v) is 2.76. The number of nitrogens with one attached hydrogen (secondary N) is 1. The van der Waals surface area contributed by atoms with E-state index in [2.05, 4.69) is 15.0 Å². The van der Waals surface area contributed by atoms with Gasteiger partial charge >= 0.3 is 6.61 Å². The van der Waals surface area contributed by atoms with Gasteiger partial charge < -0.3 is 10.1 Å². The predicted molar refractivity (Wildman–Crippen MR) is 75.3 cm³/mol. The number of nitrogens with zero attached hydrogens (tertiary/aromatic N) is 1. The molecule has 1 aromatic heterocycles. The molecule has 1 heterocycles. The van der Waals surface area contributed by atoms with Gasteiger partial charge in [-0.05, 0) is 24.3 Å². The summed E-state index contributed by atoms with van der Waals surface area (Å²) in [7, 11) is 0. The first-order valence-corrected chi connectivity index (χ1v) is 6.39. The van der Waals surface area contributed by atoms with Crippen molar-refractivity contribution in [2.75, 3.05) is 5.32 Å². The summed E-state index contributed by atoms with van der Waals surface area (Å²) in [6.45, 7) is -2.99.